The van der Waals surface area contributed by atoms with Crippen molar-refractivity contribution in [3.8, 4) is 0 Å². The fraction of sp³-hybridized carbons (Fsp3) is 0.615. The van der Waals surface area contributed by atoms with Gasteiger partial charge in [0, 0.05) is 44.6 Å². The molecule has 1 fully saturated rings. The van der Waals surface area contributed by atoms with Gasteiger partial charge in [0.05, 0.1) is 0 Å². The predicted molar refractivity (Wildman–Crippen MR) is 66.1 cm³/mol. The highest BCUT2D eigenvalue weighted by atomic mass is 15.2. The number of hydrogen-bond donors (Lipinski definition) is 1. The maximum atomic E-state index is 4.05. The lowest BCUT2D eigenvalue weighted by molar-refractivity contribution is 0.168. The van der Waals surface area contributed by atoms with E-state index in [1.54, 1.807) is 0 Å². The van der Waals surface area contributed by atoms with Crippen LogP contribution in [0.4, 0.5) is 0 Å². The van der Waals surface area contributed by atoms with Crippen LogP contribution in [0.2, 0.25) is 0 Å². The van der Waals surface area contributed by atoms with E-state index < -0.39 is 0 Å². The Hall–Kier alpha value is -0.930. The standard InChI is InChI=1S/C13H21N3/c1-11(2)13-10-16(8-7-15-13)9-12-3-5-14-6-4-12/h3-6,11,13,15H,7-10H2,1-2H3. The van der Waals surface area contributed by atoms with E-state index in [2.05, 4.69) is 41.2 Å². The van der Waals surface area contributed by atoms with Gasteiger partial charge in [0.2, 0.25) is 0 Å². The number of hydrogen-bond acceptors (Lipinski definition) is 3. The van der Waals surface area contributed by atoms with Gasteiger partial charge in [-0.1, -0.05) is 13.8 Å². The van der Waals surface area contributed by atoms with Crippen LogP contribution in [0.1, 0.15) is 19.4 Å². The van der Waals surface area contributed by atoms with E-state index in [1.807, 2.05) is 12.4 Å². The third kappa shape index (κ3) is 3.03. The number of nitrogens with zero attached hydrogens (tertiary/aromatic N) is 2. The second kappa shape index (κ2) is 5.41. The van der Waals surface area contributed by atoms with Crippen LogP contribution < -0.4 is 5.32 Å². The van der Waals surface area contributed by atoms with Crippen molar-refractivity contribution >= 4 is 0 Å². The van der Waals surface area contributed by atoms with Crippen LogP contribution in [0.5, 0.6) is 0 Å². The SMILES string of the molecule is CC(C)C1CN(Cc2ccncc2)CCN1. The minimum Gasteiger partial charge on any atom is -0.311 e. The third-order valence-corrected chi connectivity index (χ3v) is 3.25. The molecule has 1 N–H and O–H groups in total. The summed E-state index contributed by atoms with van der Waals surface area (Å²) >= 11 is 0. The van der Waals surface area contributed by atoms with Crippen molar-refractivity contribution in [3.63, 3.8) is 0 Å². The monoisotopic (exact) mass is 219 g/mol. The van der Waals surface area contributed by atoms with Crippen molar-refractivity contribution in [1.82, 2.24) is 15.2 Å². The molecule has 1 saturated heterocycles. The molecular formula is C13H21N3. The van der Waals surface area contributed by atoms with Gasteiger partial charge in [-0.2, -0.15) is 0 Å². The molecule has 0 saturated carbocycles. The van der Waals surface area contributed by atoms with Crippen LogP contribution >= 0.6 is 0 Å². The average molecular weight is 219 g/mol. The first-order chi connectivity index (χ1) is 7.75. The van der Waals surface area contributed by atoms with Gasteiger partial charge in [0.25, 0.3) is 0 Å². The molecule has 16 heavy (non-hydrogen) atoms. The topological polar surface area (TPSA) is 28.2 Å². The molecule has 2 rings (SSSR count). The van der Waals surface area contributed by atoms with E-state index in [4.69, 9.17) is 0 Å². The van der Waals surface area contributed by atoms with E-state index in [9.17, 15) is 0 Å². The quantitative estimate of drug-likeness (QED) is 0.835. The van der Waals surface area contributed by atoms with Crippen LogP contribution in [0, 0.1) is 5.92 Å². The first kappa shape index (κ1) is 11.6. The normalized spacial score (nSPS) is 22.6. The van der Waals surface area contributed by atoms with Gasteiger partial charge in [0.1, 0.15) is 0 Å². The zero-order valence-electron chi connectivity index (χ0n) is 10.2. The largest absolute Gasteiger partial charge is 0.311 e. The van der Waals surface area contributed by atoms with Gasteiger partial charge < -0.3 is 5.32 Å². The van der Waals surface area contributed by atoms with E-state index >= 15 is 0 Å². The molecule has 1 aliphatic heterocycles. The van der Waals surface area contributed by atoms with Gasteiger partial charge >= 0.3 is 0 Å². The maximum Gasteiger partial charge on any atom is 0.0271 e. The minimum atomic E-state index is 0.635. The molecule has 0 bridgehead atoms. The molecule has 0 radical (unpaired) electrons. The van der Waals surface area contributed by atoms with Gasteiger partial charge in [0.15, 0.2) is 0 Å². The fourth-order valence-electron chi connectivity index (χ4n) is 2.18. The molecule has 2 heterocycles. The van der Waals surface area contributed by atoms with Gasteiger partial charge in [-0.15, -0.1) is 0 Å². The lowest BCUT2D eigenvalue weighted by atomic mass is 10.0. The maximum absolute atomic E-state index is 4.05. The van der Waals surface area contributed by atoms with Gasteiger partial charge in [-0.25, -0.2) is 0 Å². The fourth-order valence-corrected chi connectivity index (χ4v) is 2.18. The summed E-state index contributed by atoms with van der Waals surface area (Å²) in [5, 5.41) is 3.58. The van der Waals surface area contributed by atoms with Crippen LogP contribution in [0.3, 0.4) is 0 Å². The Morgan fingerprint density at radius 1 is 1.44 bits per heavy atom. The smallest absolute Gasteiger partial charge is 0.0271 e. The summed E-state index contributed by atoms with van der Waals surface area (Å²) in [6, 6.07) is 4.84. The Balaban J connectivity index is 1.90. The summed E-state index contributed by atoms with van der Waals surface area (Å²) in [6.45, 7) is 9.02. The average Bonchev–Trinajstić information content (AvgIpc) is 2.30. The lowest BCUT2D eigenvalue weighted by Crippen LogP contribution is -2.52. The highest BCUT2D eigenvalue weighted by molar-refractivity contribution is 5.09. The van der Waals surface area contributed by atoms with E-state index in [-0.39, 0.29) is 0 Å². The molecule has 0 aliphatic carbocycles. The number of nitrogens with one attached hydrogen (secondary N) is 1. The van der Waals surface area contributed by atoms with Crippen LogP contribution in [-0.4, -0.2) is 35.6 Å². The summed E-state index contributed by atoms with van der Waals surface area (Å²) < 4.78 is 0. The number of aromatic nitrogens is 1. The van der Waals surface area contributed by atoms with Crippen molar-refractivity contribution in [2.24, 2.45) is 5.92 Å². The molecule has 88 valence electrons. The molecule has 1 aromatic heterocycles. The Kier molecular flexibility index (Phi) is 3.91. The Labute approximate surface area is 97.9 Å². The van der Waals surface area contributed by atoms with Crippen LogP contribution in [0.15, 0.2) is 24.5 Å². The van der Waals surface area contributed by atoms with Crippen molar-refractivity contribution in [1.29, 1.82) is 0 Å². The summed E-state index contributed by atoms with van der Waals surface area (Å²) in [4.78, 5) is 6.58. The van der Waals surface area contributed by atoms with Crippen molar-refractivity contribution < 1.29 is 0 Å². The number of rotatable bonds is 3. The molecule has 0 spiro atoms. The van der Waals surface area contributed by atoms with Gasteiger partial charge in [-0.3, -0.25) is 9.88 Å². The summed E-state index contributed by atoms with van der Waals surface area (Å²) in [5.41, 5.74) is 1.36. The van der Waals surface area contributed by atoms with E-state index in [0.717, 1.165) is 26.2 Å². The molecule has 0 amide bonds. The Morgan fingerprint density at radius 3 is 2.88 bits per heavy atom. The summed E-state index contributed by atoms with van der Waals surface area (Å²) in [5.74, 6) is 0.709. The number of pyridine rings is 1. The van der Waals surface area contributed by atoms with Crippen LogP contribution in [-0.2, 0) is 6.54 Å². The lowest BCUT2D eigenvalue weighted by Gasteiger charge is -2.35. The summed E-state index contributed by atoms with van der Waals surface area (Å²) in [6.07, 6.45) is 3.74. The number of piperazine rings is 1. The summed E-state index contributed by atoms with van der Waals surface area (Å²) in [7, 11) is 0. The highest BCUT2D eigenvalue weighted by Crippen LogP contribution is 2.11. The molecule has 1 unspecified atom stereocenters. The first-order valence-corrected chi connectivity index (χ1v) is 6.10. The molecule has 1 atom stereocenters. The van der Waals surface area contributed by atoms with Crippen molar-refractivity contribution in [2.45, 2.75) is 26.4 Å². The second-order valence-corrected chi connectivity index (χ2v) is 4.90. The first-order valence-electron chi connectivity index (χ1n) is 6.10. The molecule has 0 aromatic carbocycles. The van der Waals surface area contributed by atoms with Crippen molar-refractivity contribution in [3.05, 3.63) is 30.1 Å². The van der Waals surface area contributed by atoms with E-state index in [1.165, 1.54) is 5.56 Å². The molecular weight excluding hydrogens is 198 g/mol. The van der Waals surface area contributed by atoms with Crippen molar-refractivity contribution in [2.75, 3.05) is 19.6 Å². The molecule has 1 aromatic rings. The Morgan fingerprint density at radius 2 is 2.19 bits per heavy atom. The predicted octanol–water partition coefficient (Wildman–Crippen LogP) is 1.51. The molecule has 3 nitrogen and oxygen atoms in total. The third-order valence-electron chi connectivity index (χ3n) is 3.25. The van der Waals surface area contributed by atoms with Gasteiger partial charge in [-0.05, 0) is 23.6 Å². The zero-order valence-corrected chi connectivity index (χ0v) is 10.2. The molecule has 3 heteroatoms. The zero-order chi connectivity index (χ0) is 11.4. The minimum absolute atomic E-state index is 0.635. The second-order valence-electron chi connectivity index (χ2n) is 4.90. The highest BCUT2D eigenvalue weighted by Gasteiger charge is 2.21. The molecule has 1 aliphatic rings. The van der Waals surface area contributed by atoms with E-state index in [0.29, 0.717) is 12.0 Å². The van der Waals surface area contributed by atoms with Crippen LogP contribution in [0.25, 0.3) is 0 Å². The Bertz CT molecular complexity index is 310.